The fourth-order valence-electron chi connectivity index (χ4n) is 3.39. The van der Waals surface area contributed by atoms with Crippen molar-refractivity contribution in [2.24, 2.45) is 5.92 Å². The van der Waals surface area contributed by atoms with E-state index in [2.05, 4.69) is 10.2 Å². The molecule has 25 heavy (non-hydrogen) atoms. The van der Waals surface area contributed by atoms with Crippen LogP contribution in [0.5, 0.6) is 0 Å². The summed E-state index contributed by atoms with van der Waals surface area (Å²) in [6.07, 6.45) is 6.11. The minimum absolute atomic E-state index is 0.0242. The Morgan fingerprint density at radius 3 is 2.64 bits per heavy atom. The summed E-state index contributed by atoms with van der Waals surface area (Å²) in [6, 6.07) is 6.37. The third-order valence-electron chi connectivity index (χ3n) is 5.18. The molecule has 0 saturated heterocycles. The molecule has 0 bridgehead atoms. The SMILES string of the molecule is CSc1ccc(C)c(C(=O)NC2CC(N(CC(=O)O)CC3CC3)C2)c1. The summed E-state index contributed by atoms with van der Waals surface area (Å²) in [5.74, 6) is -0.119. The van der Waals surface area contributed by atoms with E-state index in [-0.39, 0.29) is 24.5 Å². The summed E-state index contributed by atoms with van der Waals surface area (Å²) in [5, 5.41) is 12.2. The molecule has 0 heterocycles. The van der Waals surface area contributed by atoms with Gasteiger partial charge in [0, 0.05) is 29.1 Å². The van der Waals surface area contributed by atoms with Crippen LogP contribution in [0.25, 0.3) is 0 Å². The summed E-state index contributed by atoms with van der Waals surface area (Å²) in [6.45, 7) is 2.94. The molecule has 0 atom stereocenters. The lowest BCUT2D eigenvalue weighted by atomic mass is 9.85. The van der Waals surface area contributed by atoms with E-state index in [1.165, 1.54) is 12.8 Å². The quantitative estimate of drug-likeness (QED) is 0.696. The normalized spacial score (nSPS) is 22.5. The van der Waals surface area contributed by atoms with Gasteiger partial charge in [-0.25, -0.2) is 0 Å². The van der Waals surface area contributed by atoms with Crippen molar-refractivity contribution in [2.75, 3.05) is 19.3 Å². The Bertz CT molecular complexity index is 654. The maximum atomic E-state index is 12.6. The first kappa shape index (κ1) is 18.3. The molecule has 0 unspecified atom stereocenters. The number of aryl methyl sites for hydroxylation is 1. The summed E-state index contributed by atoms with van der Waals surface area (Å²) in [7, 11) is 0. The minimum atomic E-state index is -0.766. The number of hydrogen-bond acceptors (Lipinski definition) is 4. The second kappa shape index (κ2) is 7.79. The van der Waals surface area contributed by atoms with Gasteiger partial charge in [0.1, 0.15) is 0 Å². The van der Waals surface area contributed by atoms with Crippen LogP contribution in [0.3, 0.4) is 0 Å². The Morgan fingerprint density at radius 2 is 2.04 bits per heavy atom. The fourth-order valence-corrected chi connectivity index (χ4v) is 3.83. The average molecular weight is 362 g/mol. The minimum Gasteiger partial charge on any atom is -0.480 e. The van der Waals surface area contributed by atoms with Gasteiger partial charge in [0.05, 0.1) is 6.54 Å². The predicted octanol–water partition coefficient (Wildman–Crippen LogP) is 2.77. The summed E-state index contributed by atoms with van der Waals surface area (Å²) in [5.41, 5.74) is 1.71. The van der Waals surface area contributed by atoms with Crippen LogP contribution < -0.4 is 5.32 Å². The zero-order valence-electron chi connectivity index (χ0n) is 14.8. The van der Waals surface area contributed by atoms with Crippen LogP contribution >= 0.6 is 11.8 Å². The predicted molar refractivity (Wildman–Crippen MR) is 99.2 cm³/mol. The second-order valence-electron chi connectivity index (χ2n) is 7.24. The van der Waals surface area contributed by atoms with E-state index in [1.54, 1.807) is 11.8 Å². The molecule has 2 aliphatic carbocycles. The number of rotatable bonds is 8. The third-order valence-corrected chi connectivity index (χ3v) is 5.91. The number of aliphatic carboxylic acids is 1. The number of carbonyl (C=O) groups is 2. The lowest BCUT2D eigenvalue weighted by Crippen LogP contribution is -2.55. The first-order valence-electron chi connectivity index (χ1n) is 8.87. The van der Waals surface area contributed by atoms with Crippen molar-refractivity contribution in [3.05, 3.63) is 29.3 Å². The Hall–Kier alpha value is -1.53. The number of thioether (sulfide) groups is 1. The summed E-state index contributed by atoms with van der Waals surface area (Å²) >= 11 is 1.63. The van der Waals surface area contributed by atoms with E-state index >= 15 is 0 Å². The van der Waals surface area contributed by atoms with Crippen molar-refractivity contribution in [1.29, 1.82) is 0 Å². The van der Waals surface area contributed by atoms with E-state index in [4.69, 9.17) is 5.11 Å². The number of benzene rings is 1. The van der Waals surface area contributed by atoms with Crippen LogP contribution in [0.4, 0.5) is 0 Å². The molecule has 2 fully saturated rings. The summed E-state index contributed by atoms with van der Waals surface area (Å²) < 4.78 is 0. The molecule has 5 nitrogen and oxygen atoms in total. The number of carboxylic acids is 1. The van der Waals surface area contributed by atoms with E-state index < -0.39 is 5.97 Å². The lowest BCUT2D eigenvalue weighted by Gasteiger charge is -2.42. The molecule has 0 spiro atoms. The van der Waals surface area contributed by atoms with Gasteiger partial charge in [-0.2, -0.15) is 0 Å². The monoisotopic (exact) mass is 362 g/mol. The smallest absolute Gasteiger partial charge is 0.317 e. The fraction of sp³-hybridized carbons (Fsp3) is 0.579. The van der Waals surface area contributed by atoms with Crippen molar-refractivity contribution in [2.45, 2.75) is 49.6 Å². The summed E-state index contributed by atoms with van der Waals surface area (Å²) in [4.78, 5) is 26.8. The van der Waals surface area contributed by atoms with Gasteiger partial charge >= 0.3 is 5.97 Å². The zero-order valence-corrected chi connectivity index (χ0v) is 15.6. The van der Waals surface area contributed by atoms with Crippen LogP contribution in [-0.4, -0.2) is 53.3 Å². The van der Waals surface area contributed by atoms with Crippen molar-refractivity contribution < 1.29 is 14.7 Å². The molecule has 2 aliphatic rings. The molecule has 1 aromatic carbocycles. The van der Waals surface area contributed by atoms with E-state index in [0.29, 0.717) is 5.92 Å². The first-order chi connectivity index (χ1) is 12.0. The maximum absolute atomic E-state index is 12.6. The topological polar surface area (TPSA) is 69.6 Å². The van der Waals surface area contributed by atoms with Crippen molar-refractivity contribution >= 4 is 23.6 Å². The van der Waals surface area contributed by atoms with Gasteiger partial charge < -0.3 is 10.4 Å². The maximum Gasteiger partial charge on any atom is 0.317 e. The lowest BCUT2D eigenvalue weighted by molar-refractivity contribution is -0.139. The standard InChI is InChI=1S/C19H26N2O3S/c1-12-3-6-16(25-2)9-17(12)19(24)20-14-7-15(8-14)21(11-18(22)23)10-13-4-5-13/h3,6,9,13-15H,4-5,7-8,10-11H2,1-2H3,(H,20,24)(H,22,23). The molecule has 3 rings (SSSR count). The Labute approximate surface area is 153 Å². The molecule has 0 aromatic heterocycles. The number of hydrogen-bond donors (Lipinski definition) is 2. The molecular weight excluding hydrogens is 336 g/mol. The average Bonchev–Trinajstić information content (AvgIpc) is 3.33. The van der Waals surface area contributed by atoms with Crippen LogP contribution in [0.2, 0.25) is 0 Å². The van der Waals surface area contributed by atoms with E-state index in [9.17, 15) is 9.59 Å². The third kappa shape index (κ3) is 4.76. The number of carboxylic acid groups (broad SMARTS) is 1. The highest BCUT2D eigenvalue weighted by atomic mass is 32.2. The molecule has 2 saturated carbocycles. The van der Waals surface area contributed by atoms with E-state index in [0.717, 1.165) is 35.4 Å². The second-order valence-corrected chi connectivity index (χ2v) is 8.12. The number of carbonyl (C=O) groups excluding carboxylic acids is 1. The highest BCUT2D eigenvalue weighted by Crippen LogP contribution is 2.34. The Kier molecular flexibility index (Phi) is 5.69. The number of amides is 1. The largest absolute Gasteiger partial charge is 0.480 e. The van der Waals surface area contributed by atoms with Crippen LogP contribution in [0, 0.1) is 12.8 Å². The molecule has 0 aliphatic heterocycles. The molecule has 6 heteroatoms. The van der Waals surface area contributed by atoms with Gasteiger partial charge in [-0.15, -0.1) is 11.8 Å². The zero-order chi connectivity index (χ0) is 18.0. The molecular formula is C19H26N2O3S. The van der Waals surface area contributed by atoms with E-state index in [1.807, 2.05) is 31.4 Å². The molecule has 0 radical (unpaired) electrons. The molecule has 2 N–H and O–H groups in total. The number of nitrogens with zero attached hydrogens (tertiary/aromatic N) is 1. The Morgan fingerprint density at radius 1 is 1.32 bits per heavy atom. The Balaban J connectivity index is 1.53. The van der Waals surface area contributed by atoms with Gasteiger partial charge in [-0.3, -0.25) is 14.5 Å². The molecule has 1 amide bonds. The van der Waals surface area contributed by atoms with Crippen LogP contribution in [-0.2, 0) is 4.79 Å². The number of nitrogens with one attached hydrogen (secondary N) is 1. The highest BCUT2D eigenvalue weighted by Gasteiger charge is 2.37. The van der Waals surface area contributed by atoms with Gasteiger partial charge in [-0.1, -0.05) is 6.07 Å². The van der Waals surface area contributed by atoms with Gasteiger partial charge in [-0.05, 0) is 62.5 Å². The van der Waals surface area contributed by atoms with Crippen molar-refractivity contribution in [3.63, 3.8) is 0 Å². The van der Waals surface area contributed by atoms with Gasteiger partial charge in [0.2, 0.25) is 0 Å². The van der Waals surface area contributed by atoms with Gasteiger partial charge in [0.25, 0.3) is 5.91 Å². The van der Waals surface area contributed by atoms with Crippen LogP contribution in [0.1, 0.15) is 41.6 Å². The van der Waals surface area contributed by atoms with Crippen molar-refractivity contribution in [3.8, 4) is 0 Å². The first-order valence-corrected chi connectivity index (χ1v) is 10.1. The highest BCUT2D eigenvalue weighted by molar-refractivity contribution is 7.98. The van der Waals surface area contributed by atoms with Crippen molar-refractivity contribution in [1.82, 2.24) is 10.2 Å². The molecule has 1 aromatic rings. The van der Waals surface area contributed by atoms with Crippen LogP contribution in [0.15, 0.2) is 23.1 Å². The molecule has 136 valence electrons. The van der Waals surface area contributed by atoms with Gasteiger partial charge in [0.15, 0.2) is 0 Å².